The van der Waals surface area contributed by atoms with Crippen molar-refractivity contribution in [1.29, 1.82) is 0 Å². The van der Waals surface area contributed by atoms with Crippen molar-refractivity contribution in [3.8, 4) is 0 Å². The fourth-order valence-corrected chi connectivity index (χ4v) is 3.23. The maximum atomic E-state index is 11.9. The van der Waals surface area contributed by atoms with Gasteiger partial charge in [0.1, 0.15) is 0 Å². The lowest BCUT2D eigenvalue weighted by Gasteiger charge is -2.30. The van der Waals surface area contributed by atoms with Gasteiger partial charge < -0.3 is 16.0 Å². The van der Waals surface area contributed by atoms with Crippen LogP contribution in [0.2, 0.25) is 0 Å². The van der Waals surface area contributed by atoms with Gasteiger partial charge in [0.25, 0.3) is 0 Å². The fraction of sp³-hybridized carbons (Fsp3) is 0.929. The highest BCUT2D eigenvalue weighted by molar-refractivity contribution is 5.78. The molecule has 2 aliphatic rings. The zero-order valence-electron chi connectivity index (χ0n) is 11.5. The van der Waals surface area contributed by atoms with Crippen molar-refractivity contribution >= 4 is 5.91 Å². The highest BCUT2D eigenvalue weighted by Crippen LogP contribution is 2.23. The first kappa shape index (κ1) is 13.8. The second kappa shape index (κ2) is 6.53. The summed E-state index contributed by atoms with van der Waals surface area (Å²) in [5, 5.41) is 3.07. The zero-order valence-corrected chi connectivity index (χ0v) is 11.5. The summed E-state index contributed by atoms with van der Waals surface area (Å²) in [5.74, 6) is 1.19. The first-order valence-electron chi connectivity index (χ1n) is 7.41. The minimum absolute atomic E-state index is 0.167. The lowest BCUT2D eigenvalue weighted by molar-refractivity contribution is -0.124. The van der Waals surface area contributed by atoms with Gasteiger partial charge in [0.05, 0.1) is 0 Å². The van der Waals surface area contributed by atoms with Crippen LogP contribution in [0.25, 0.3) is 0 Å². The third kappa shape index (κ3) is 3.95. The molecule has 2 rings (SSSR count). The van der Waals surface area contributed by atoms with Crippen molar-refractivity contribution in [1.82, 2.24) is 10.2 Å². The molecule has 1 amide bonds. The lowest BCUT2D eigenvalue weighted by Crippen LogP contribution is -2.41. The van der Waals surface area contributed by atoms with Gasteiger partial charge in [-0.15, -0.1) is 0 Å². The summed E-state index contributed by atoms with van der Waals surface area (Å²) < 4.78 is 0. The predicted octanol–water partition coefficient (Wildman–Crippen LogP) is 0.962. The Kier molecular flexibility index (Phi) is 5.01. The van der Waals surface area contributed by atoms with Gasteiger partial charge in [-0.2, -0.15) is 0 Å². The number of piperidine rings is 1. The molecule has 104 valence electrons. The van der Waals surface area contributed by atoms with Gasteiger partial charge in [-0.1, -0.05) is 6.92 Å². The van der Waals surface area contributed by atoms with Gasteiger partial charge >= 0.3 is 0 Å². The zero-order chi connectivity index (χ0) is 13.0. The average Bonchev–Trinajstić information content (AvgIpc) is 2.76. The SMILES string of the molecule is CC1CCCN(CCNC(=O)C2CCC(N)C2)C1. The molecule has 3 atom stereocenters. The van der Waals surface area contributed by atoms with Crippen LogP contribution in [0.1, 0.15) is 39.0 Å². The summed E-state index contributed by atoms with van der Waals surface area (Å²) in [6.07, 6.45) is 5.48. The van der Waals surface area contributed by atoms with Crippen molar-refractivity contribution in [2.24, 2.45) is 17.6 Å². The molecule has 2 fully saturated rings. The van der Waals surface area contributed by atoms with E-state index in [9.17, 15) is 4.79 Å². The highest BCUT2D eigenvalue weighted by Gasteiger charge is 2.27. The van der Waals surface area contributed by atoms with Crippen LogP contribution in [-0.2, 0) is 4.79 Å². The van der Waals surface area contributed by atoms with Crippen LogP contribution < -0.4 is 11.1 Å². The summed E-state index contributed by atoms with van der Waals surface area (Å²) in [4.78, 5) is 14.4. The fourth-order valence-electron chi connectivity index (χ4n) is 3.23. The first-order valence-corrected chi connectivity index (χ1v) is 7.41. The Labute approximate surface area is 110 Å². The van der Waals surface area contributed by atoms with E-state index in [-0.39, 0.29) is 17.9 Å². The number of carbonyl (C=O) groups is 1. The van der Waals surface area contributed by atoms with Crippen LogP contribution >= 0.6 is 0 Å². The van der Waals surface area contributed by atoms with Crippen LogP contribution in [0, 0.1) is 11.8 Å². The summed E-state index contributed by atoms with van der Waals surface area (Å²) in [6, 6.07) is 0.240. The largest absolute Gasteiger partial charge is 0.355 e. The number of nitrogens with zero attached hydrogens (tertiary/aromatic N) is 1. The molecule has 0 radical (unpaired) electrons. The summed E-state index contributed by atoms with van der Waals surface area (Å²) >= 11 is 0. The maximum absolute atomic E-state index is 11.9. The molecule has 18 heavy (non-hydrogen) atoms. The smallest absolute Gasteiger partial charge is 0.223 e. The number of nitrogens with one attached hydrogen (secondary N) is 1. The molecule has 1 saturated carbocycles. The van der Waals surface area contributed by atoms with E-state index in [0.717, 1.165) is 38.3 Å². The summed E-state index contributed by atoms with van der Waals surface area (Å²) in [6.45, 7) is 6.47. The number of hydrogen-bond acceptors (Lipinski definition) is 3. The molecule has 0 aromatic heterocycles. The van der Waals surface area contributed by atoms with Gasteiger partial charge in [-0.05, 0) is 44.6 Å². The minimum atomic E-state index is 0.167. The quantitative estimate of drug-likeness (QED) is 0.784. The summed E-state index contributed by atoms with van der Waals surface area (Å²) in [5.41, 5.74) is 5.84. The van der Waals surface area contributed by atoms with E-state index >= 15 is 0 Å². The van der Waals surface area contributed by atoms with E-state index in [2.05, 4.69) is 17.1 Å². The second-order valence-electron chi connectivity index (χ2n) is 6.11. The van der Waals surface area contributed by atoms with Crippen molar-refractivity contribution in [2.75, 3.05) is 26.2 Å². The number of carbonyl (C=O) groups excluding carboxylic acids is 1. The van der Waals surface area contributed by atoms with Gasteiger partial charge in [-0.3, -0.25) is 4.79 Å². The van der Waals surface area contributed by atoms with Gasteiger partial charge in [0.15, 0.2) is 0 Å². The monoisotopic (exact) mass is 253 g/mol. The lowest BCUT2D eigenvalue weighted by atomic mass is 10.0. The Bertz CT molecular complexity index is 282. The van der Waals surface area contributed by atoms with Crippen LogP contribution in [-0.4, -0.2) is 43.0 Å². The van der Waals surface area contributed by atoms with Crippen molar-refractivity contribution in [3.05, 3.63) is 0 Å². The van der Waals surface area contributed by atoms with Gasteiger partial charge in [-0.25, -0.2) is 0 Å². The Morgan fingerprint density at radius 1 is 1.39 bits per heavy atom. The molecule has 0 aromatic rings. The van der Waals surface area contributed by atoms with E-state index < -0.39 is 0 Å². The van der Waals surface area contributed by atoms with Crippen molar-refractivity contribution in [2.45, 2.75) is 45.1 Å². The Hall–Kier alpha value is -0.610. The van der Waals surface area contributed by atoms with Gasteiger partial charge in [0.2, 0.25) is 5.91 Å². The summed E-state index contributed by atoms with van der Waals surface area (Å²) in [7, 11) is 0. The number of nitrogens with two attached hydrogens (primary N) is 1. The molecule has 1 aliphatic carbocycles. The van der Waals surface area contributed by atoms with Crippen LogP contribution in [0.5, 0.6) is 0 Å². The molecular weight excluding hydrogens is 226 g/mol. The number of rotatable bonds is 4. The Morgan fingerprint density at radius 3 is 2.89 bits per heavy atom. The Morgan fingerprint density at radius 2 is 2.22 bits per heavy atom. The molecule has 0 aromatic carbocycles. The molecule has 1 saturated heterocycles. The third-order valence-electron chi connectivity index (χ3n) is 4.31. The molecule has 4 nitrogen and oxygen atoms in total. The molecular formula is C14H27N3O. The van der Waals surface area contributed by atoms with E-state index in [1.807, 2.05) is 0 Å². The maximum Gasteiger partial charge on any atom is 0.223 e. The number of hydrogen-bond donors (Lipinski definition) is 2. The molecule has 1 heterocycles. The first-order chi connectivity index (χ1) is 8.65. The van der Waals surface area contributed by atoms with Crippen molar-refractivity contribution in [3.63, 3.8) is 0 Å². The molecule has 0 bridgehead atoms. The van der Waals surface area contributed by atoms with E-state index in [4.69, 9.17) is 5.73 Å². The van der Waals surface area contributed by atoms with E-state index in [0.29, 0.717) is 0 Å². The minimum Gasteiger partial charge on any atom is -0.355 e. The van der Waals surface area contributed by atoms with E-state index in [1.165, 1.54) is 25.9 Å². The van der Waals surface area contributed by atoms with Crippen molar-refractivity contribution < 1.29 is 4.79 Å². The normalized spacial score (nSPS) is 33.6. The van der Waals surface area contributed by atoms with E-state index in [1.54, 1.807) is 0 Å². The highest BCUT2D eigenvalue weighted by atomic mass is 16.1. The average molecular weight is 253 g/mol. The Balaban J connectivity index is 1.61. The molecule has 3 unspecified atom stereocenters. The molecule has 1 aliphatic heterocycles. The van der Waals surface area contributed by atoms with Gasteiger partial charge in [0, 0.05) is 31.6 Å². The number of amides is 1. The molecule has 4 heteroatoms. The predicted molar refractivity (Wildman–Crippen MR) is 73.2 cm³/mol. The van der Waals surface area contributed by atoms with Crippen LogP contribution in [0.3, 0.4) is 0 Å². The molecule has 3 N–H and O–H groups in total. The topological polar surface area (TPSA) is 58.4 Å². The second-order valence-corrected chi connectivity index (χ2v) is 6.11. The standard InChI is InChI=1S/C14H27N3O/c1-11-3-2-7-17(10-11)8-6-16-14(18)12-4-5-13(15)9-12/h11-13H,2-10,15H2,1H3,(H,16,18). The van der Waals surface area contributed by atoms with Crippen LogP contribution in [0.15, 0.2) is 0 Å². The number of likely N-dealkylation sites (tertiary alicyclic amines) is 1. The van der Waals surface area contributed by atoms with Crippen LogP contribution in [0.4, 0.5) is 0 Å². The third-order valence-corrected chi connectivity index (χ3v) is 4.31. The molecule has 0 spiro atoms.